The van der Waals surface area contributed by atoms with Crippen LogP contribution in [0, 0.1) is 0 Å². The zero-order valence-corrected chi connectivity index (χ0v) is 11.1. The summed E-state index contributed by atoms with van der Waals surface area (Å²) in [4.78, 5) is 2.16. The van der Waals surface area contributed by atoms with E-state index in [0.717, 1.165) is 26.1 Å². The molecular formula is C11H22NO3P. The molecular weight excluding hydrogens is 225 g/mol. The Bertz CT molecular complexity index is 238. The van der Waals surface area contributed by atoms with E-state index >= 15 is 0 Å². The first-order valence-electron chi connectivity index (χ1n) is 5.26. The average Bonchev–Trinajstić information content (AvgIpc) is 2.29. The van der Waals surface area contributed by atoms with Crippen molar-refractivity contribution in [2.75, 3.05) is 40.0 Å². The summed E-state index contributed by atoms with van der Waals surface area (Å²) in [7, 11) is -0.0291. The molecule has 0 radical (unpaired) electrons. The highest BCUT2D eigenvalue weighted by atomic mass is 31.2. The lowest BCUT2D eigenvalue weighted by atomic mass is 10.4. The van der Waals surface area contributed by atoms with E-state index in [4.69, 9.17) is 9.05 Å². The van der Waals surface area contributed by atoms with Crippen LogP contribution in [0.4, 0.5) is 0 Å². The predicted molar refractivity (Wildman–Crippen MR) is 67.9 cm³/mol. The monoisotopic (exact) mass is 247 g/mol. The molecule has 0 saturated carbocycles. The van der Waals surface area contributed by atoms with E-state index < -0.39 is 7.60 Å². The van der Waals surface area contributed by atoms with E-state index in [-0.39, 0.29) is 0 Å². The second-order valence-corrected chi connectivity index (χ2v) is 5.79. The predicted octanol–water partition coefficient (Wildman–Crippen LogP) is 2.54. The third-order valence-electron chi connectivity index (χ3n) is 2.24. The second-order valence-electron chi connectivity index (χ2n) is 3.39. The van der Waals surface area contributed by atoms with Crippen molar-refractivity contribution in [2.45, 2.75) is 6.42 Å². The van der Waals surface area contributed by atoms with Crippen molar-refractivity contribution in [3.63, 3.8) is 0 Å². The van der Waals surface area contributed by atoms with Gasteiger partial charge in [0.25, 0.3) is 0 Å². The summed E-state index contributed by atoms with van der Waals surface area (Å²) in [6.07, 6.45) is 4.89. The summed E-state index contributed by atoms with van der Waals surface area (Å²) < 4.78 is 21.5. The maximum Gasteiger partial charge on any atom is 0.330 e. The fraction of sp³-hybridized carbons (Fsp3) is 0.636. The van der Waals surface area contributed by atoms with E-state index in [2.05, 4.69) is 18.1 Å². The maximum atomic E-state index is 11.7. The van der Waals surface area contributed by atoms with Crippen LogP contribution in [0.5, 0.6) is 0 Å². The summed E-state index contributed by atoms with van der Waals surface area (Å²) >= 11 is 0. The SMILES string of the molecule is C=CCN(CC=C)CCCP(=O)(OC)OC. The van der Waals surface area contributed by atoms with E-state index in [9.17, 15) is 4.57 Å². The molecule has 0 aliphatic carbocycles. The summed E-state index contributed by atoms with van der Waals surface area (Å²) in [6, 6.07) is 0. The topological polar surface area (TPSA) is 38.8 Å². The van der Waals surface area contributed by atoms with Crippen molar-refractivity contribution in [1.82, 2.24) is 4.90 Å². The third-order valence-corrected chi connectivity index (χ3v) is 4.21. The van der Waals surface area contributed by atoms with Gasteiger partial charge in [-0.2, -0.15) is 0 Å². The third kappa shape index (κ3) is 6.23. The standard InChI is InChI=1S/C11H22NO3P/c1-5-8-12(9-6-2)10-7-11-16(13,14-3)15-4/h5-6H,1-2,7-11H2,3-4H3. The molecule has 0 spiro atoms. The molecule has 0 aromatic heterocycles. The van der Waals surface area contributed by atoms with Gasteiger partial charge in [-0.05, 0) is 13.0 Å². The highest BCUT2D eigenvalue weighted by molar-refractivity contribution is 7.53. The number of nitrogens with zero attached hydrogens (tertiary/aromatic N) is 1. The second kappa shape index (κ2) is 8.71. The van der Waals surface area contributed by atoms with Gasteiger partial charge in [-0.1, -0.05) is 12.2 Å². The van der Waals surface area contributed by atoms with Crippen molar-refractivity contribution >= 4 is 7.60 Å². The first kappa shape index (κ1) is 15.6. The largest absolute Gasteiger partial charge is 0.330 e. The summed E-state index contributed by atoms with van der Waals surface area (Å²) in [5.41, 5.74) is 0. The molecule has 0 saturated heterocycles. The molecule has 0 aliphatic rings. The Morgan fingerprint density at radius 1 is 1.19 bits per heavy atom. The van der Waals surface area contributed by atoms with Gasteiger partial charge in [0.2, 0.25) is 0 Å². The molecule has 0 aromatic rings. The molecule has 0 atom stereocenters. The van der Waals surface area contributed by atoms with Crippen molar-refractivity contribution in [3.05, 3.63) is 25.3 Å². The Balaban J connectivity index is 3.96. The molecule has 5 heteroatoms. The normalized spacial score (nSPS) is 11.7. The molecule has 0 rings (SSSR count). The molecule has 16 heavy (non-hydrogen) atoms. The molecule has 0 amide bonds. The van der Waals surface area contributed by atoms with Gasteiger partial charge in [0.15, 0.2) is 0 Å². The van der Waals surface area contributed by atoms with Crippen LogP contribution in [0.3, 0.4) is 0 Å². The van der Waals surface area contributed by atoms with Crippen LogP contribution in [0.1, 0.15) is 6.42 Å². The summed E-state index contributed by atoms with van der Waals surface area (Å²) in [6.45, 7) is 9.82. The van der Waals surface area contributed by atoms with Gasteiger partial charge >= 0.3 is 7.60 Å². The smallest absolute Gasteiger partial charge is 0.312 e. The maximum absolute atomic E-state index is 11.7. The Hall–Kier alpha value is -0.410. The van der Waals surface area contributed by atoms with Gasteiger partial charge in [-0.25, -0.2) is 0 Å². The van der Waals surface area contributed by atoms with Crippen LogP contribution in [-0.4, -0.2) is 44.9 Å². The number of hydrogen-bond acceptors (Lipinski definition) is 4. The Kier molecular flexibility index (Phi) is 8.49. The lowest BCUT2D eigenvalue weighted by molar-refractivity contribution is 0.270. The molecule has 0 fully saturated rings. The van der Waals surface area contributed by atoms with Gasteiger partial charge in [0.1, 0.15) is 0 Å². The summed E-state index contributed by atoms with van der Waals surface area (Å²) in [5, 5.41) is 0. The number of hydrogen-bond donors (Lipinski definition) is 0. The molecule has 0 aliphatic heterocycles. The minimum atomic E-state index is -2.85. The molecule has 4 nitrogen and oxygen atoms in total. The van der Waals surface area contributed by atoms with Crippen molar-refractivity contribution in [3.8, 4) is 0 Å². The van der Waals surface area contributed by atoms with Crippen LogP contribution in [0.2, 0.25) is 0 Å². The quantitative estimate of drug-likeness (QED) is 0.439. The van der Waals surface area contributed by atoms with Crippen LogP contribution in [0.25, 0.3) is 0 Å². The van der Waals surface area contributed by atoms with Crippen LogP contribution >= 0.6 is 7.60 Å². The Morgan fingerprint density at radius 2 is 1.69 bits per heavy atom. The van der Waals surface area contributed by atoms with Crippen molar-refractivity contribution in [1.29, 1.82) is 0 Å². The Labute approximate surface area is 98.5 Å². The highest BCUT2D eigenvalue weighted by Crippen LogP contribution is 2.46. The molecule has 94 valence electrons. The van der Waals surface area contributed by atoms with E-state index in [1.165, 1.54) is 14.2 Å². The average molecular weight is 247 g/mol. The van der Waals surface area contributed by atoms with Gasteiger partial charge in [-0.15, -0.1) is 13.2 Å². The molecule has 0 N–H and O–H groups in total. The van der Waals surface area contributed by atoms with Crippen LogP contribution in [0.15, 0.2) is 25.3 Å². The zero-order valence-electron chi connectivity index (χ0n) is 10.2. The fourth-order valence-corrected chi connectivity index (χ4v) is 2.41. The van der Waals surface area contributed by atoms with E-state index in [1.54, 1.807) is 0 Å². The van der Waals surface area contributed by atoms with Gasteiger partial charge < -0.3 is 9.05 Å². The first-order valence-corrected chi connectivity index (χ1v) is 6.99. The minimum Gasteiger partial charge on any atom is -0.312 e. The van der Waals surface area contributed by atoms with Gasteiger partial charge in [0.05, 0.1) is 6.16 Å². The van der Waals surface area contributed by atoms with Gasteiger partial charge in [-0.3, -0.25) is 9.46 Å². The lowest BCUT2D eigenvalue weighted by Crippen LogP contribution is -2.25. The molecule has 0 aromatic carbocycles. The number of rotatable bonds is 10. The molecule has 0 bridgehead atoms. The molecule has 0 unspecified atom stereocenters. The van der Waals surface area contributed by atoms with Crippen LogP contribution < -0.4 is 0 Å². The first-order chi connectivity index (χ1) is 7.61. The highest BCUT2D eigenvalue weighted by Gasteiger charge is 2.20. The molecule has 0 heterocycles. The van der Waals surface area contributed by atoms with E-state index in [0.29, 0.717) is 6.16 Å². The minimum absolute atomic E-state index is 0.435. The van der Waals surface area contributed by atoms with Crippen LogP contribution in [-0.2, 0) is 13.6 Å². The van der Waals surface area contributed by atoms with Gasteiger partial charge in [0, 0.05) is 27.3 Å². The summed E-state index contributed by atoms with van der Waals surface area (Å²) in [5.74, 6) is 0. The lowest BCUT2D eigenvalue weighted by Gasteiger charge is -2.20. The fourth-order valence-electron chi connectivity index (χ4n) is 1.37. The van der Waals surface area contributed by atoms with Crippen molar-refractivity contribution < 1.29 is 13.6 Å². The van der Waals surface area contributed by atoms with Crippen molar-refractivity contribution in [2.24, 2.45) is 0 Å². The Morgan fingerprint density at radius 3 is 2.06 bits per heavy atom. The van der Waals surface area contributed by atoms with E-state index in [1.807, 2.05) is 12.2 Å². The zero-order chi connectivity index (χ0) is 12.4.